The van der Waals surface area contributed by atoms with E-state index < -0.39 is 0 Å². The van der Waals surface area contributed by atoms with Crippen molar-refractivity contribution in [1.82, 2.24) is 0 Å². The van der Waals surface area contributed by atoms with Crippen LogP contribution in [0.2, 0.25) is 0 Å². The third-order valence-electron chi connectivity index (χ3n) is 3.23. The van der Waals surface area contributed by atoms with Crippen LogP contribution in [0.1, 0.15) is 43.9 Å². The number of carbonyl (C=O) groups is 1. The maximum atomic E-state index is 11.8. The Balaban J connectivity index is 1.91. The van der Waals surface area contributed by atoms with Gasteiger partial charge in [-0.3, -0.25) is 4.79 Å². The van der Waals surface area contributed by atoms with Gasteiger partial charge >= 0.3 is 0 Å². The molecule has 0 radical (unpaired) electrons. The summed E-state index contributed by atoms with van der Waals surface area (Å²) in [5, 5.41) is 0. The molecule has 0 aliphatic heterocycles. The summed E-state index contributed by atoms with van der Waals surface area (Å²) in [6.45, 7) is 6.11. The van der Waals surface area contributed by atoms with Gasteiger partial charge in [-0.1, -0.05) is 18.2 Å². The quantitative estimate of drug-likeness (QED) is 0.816. The van der Waals surface area contributed by atoms with Crippen LogP contribution in [0, 0.1) is 0 Å². The highest BCUT2D eigenvalue weighted by atomic mass is 16.5. The Morgan fingerprint density at radius 2 is 1.94 bits per heavy atom. The summed E-state index contributed by atoms with van der Waals surface area (Å²) in [7, 11) is 0. The minimum Gasteiger partial charge on any atom is -0.368 e. The summed E-state index contributed by atoms with van der Waals surface area (Å²) in [5.41, 5.74) is 3.76. The van der Waals surface area contributed by atoms with E-state index in [1.54, 1.807) is 0 Å². The number of ketones is 1. The minimum absolute atomic E-state index is 0.155. The van der Waals surface area contributed by atoms with Crippen molar-refractivity contribution in [2.45, 2.75) is 52.1 Å². The first kappa shape index (κ1) is 13.3. The lowest BCUT2D eigenvalue weighted by Gasteiger charge is -2.18. The standard InChI is InChI=1S/C16H22O2/c1-16(2,3)18-11-15(17)10-12-7-8-13-5-4-6-14(13)9-12/h7-9H,4-6,10-11H2,1-3H3. The van der Waals surface area contributed by atoms with E-state index in [0.29, 0.717) is 6.42 Å². The molecule has 2 nitrogen and oxygen atoms in total. The molecule has 0 atom stereocenters. The van der Waals surface area contributed by atoms with Gasteiger partial charge in [-0.25, -0.2) is 0 Å². The molecule has 0 unspecified atom stereocenters. The lowest BCUT2D eigenvalue weighted by Crippen LogP contribution is -2.24. The number of Topliss-reactive ketones (excluding diaryl/α,β-unsaturated/α-hetero) is 1. The summed E-state index contributed by atoms with van der Waals surface area (Å²) >= 11 is 0. The third kappa shape index (κ3) is 3.67. The topological polar surface area (TPSA) is 26.3 Å². The number of hydrogen-bond donors (Lipinski definition) is 0. The van der Waals surface area contributed by atoms with Crippen molar-refractivity contribution < 1.29 is 9.53 Å². The lowest BCUT2D eigenvalue weighted by atomic mass is 10.0. The van der Waals surface area contributed by atoms with Gasteiger partial charge in [-0.2, -0.15) is 0 Å². The Bertz CT molecular complexity index is 441. The average molecular weight is 246 g/mol. The SMILES string of the molecule is CC(C)(C)OCC(=O)Cc1ccc2c(c1)CCC2. The molecular formula is C16H22O2. The molecule has 0 spiro atoms. The smallest absolute Gasteiger partial charge is 0.162 e. The number of rotatable bonds is 4. The molecule has 1 aromatic carbocycles. The van der Waals surface area contributed by atoms with Gasteiger partial charge in [0, 0.05) is 6.42 Å². The second kappa shape index (κ2) is 5.23. The van der Waals surface area contributed by atoms with E-state index in [1.807, 2.05) is 20.8 Å². The molecule has 2 heteroatoms. The Morgan fingerprint density at radius 1 is 1.22 bits per heavy atom. The zero-order chi connectivity index (χ0) is 13.2. The third-order valence-corrected chi connectivity index (χ3v) is 3.23. The zero-order valence-electron chi connectivity index (χ0n) is 11.6. The van der Waals surface area contributed by atoms with Gasteiger partial charge in [-0.15, -0.1) is 0 Å². The van der Waals surface area contributed by atoms with Gasteiger partial charge < -0.3 is 4.74 Å². The molecule has 0 heterocycles. The summed E-state index contributed by atoms with van der Waals surface area (Å²) < 4.78 is 5.51. The van der Waals surface area contributed by atoms with Gasteiger partial charge in [0.2, 0.25) is 0 Å². The van der Waals surface area contributed by atoms with Crippen molar-refractivity contribution in [2.24, 2.45) is 0 Å². The molecule has 1 aromatic rings. The van der Waals surface area contributed by atoms with Gasteiger partial charge in [0.1, 0.15) is 6.61 Å². The van der Waals surface area contributed by atoms with Crippen molar-refractivity contribution >= 4 is 5.78 Å². The molecule has 1 aliphatic rings. The molecule has 1 aliphatic carbocycles. The van der Waals surface area contributed by atoms with Crippen LogP contribution in [0.4, 0.5) is 0 Å². The monoisotopic (exact) mass is 246 g/mol. The Labute approximate surface area is 109 Å². The van der Waals surface area contributed by atoms with Crippen LogP contribution in [0.3, 0.4) is 0 Å². The fraction of sp³-hybridized carbons (Fsp3) is 0.562. The lowest BCUT2D eigenvalue weighted by molar-refractivity contribution is -0.127. The Morgan fingerprint density at radius 3 is 2.67 bits per heavy atom. The summed E-state index contributed by atoms with van der Waals surface area (Å²) in [5.74, 6) is 0.155. The number of aryl methyl sites for hydroxylation is 2. The largest absolute Gasteiger partial charge is 0.368 e. The predicted octanol–water partition coefficient (Wildman–Crippen LogP) is 3.10. The maximum absolute atomic E-state index is 11.8. The van der Waals surface area contributed by atoms with Crippen molar-refractivity contribution in [1.29, 1.82) is 0 Å². The Hall–Kier alpha value is -1.15. The molecule has 0 fully saturated rings. The molecule has 0 aromatic heterocycles. The second-order valence-electron chi connectivity index (χ2n) is 6.07. The van der Waals surface area contributed by atoms with Crippen molar-refractivity contribution in [3.8, 4) is 0 Å². The van der Waals surface area contributed by atoms with E-state index in [4.69, 9.17) is 4.74 Å². The zero-order valence-corrected chi connectivity index (χ0v) is 11.6. The van der Waals surface area contributed by atoms with E-state index in [9.17, 15) is 4.79 Å². The van der Waals surface area contributed by atoms with Crippen LogP contribution in [0.25, 0.3) is 0 Å². The number of ether oxygens (including phenoxy) is 1. The van der Waals surface area contributed by atoms with Crippen LogP contribution in [0.5, 0.6) is 0 Å². The first-order chi connectivity index (χ1) is 8.44. The number of fused-ring (bicyclic) bond motifs is 1. The van der Waals surface area contributed by atoms with E-state index in [2.05, 4.69) is 18.2 Å². The molecule has 0 saturated heterocycles. The summed E-state index contributed by atoms with van der Waals surface area (Å²) in [4.78, 5) is 11.8. The molecule has 2 rings (SSSR count). The van der Waals surface area contributed by atoms with Crippen molar-refractivity contribution in [3.05, 3.63) is 34.9 Å². The first-order valence-corrected chi connectivity index (χ1v) is 6.70. The van der Waals surface area contributed by atoms with Gasteiger partial charge in [0.15, 0.2) is 5.78 Å². The van der Waals surface area contributed by atoms with Crippen LogP contribution >= 0.6 is 0 Å². The second-order valence-corrected chi connectivity index (χ2v) is 6.07. The number of benzene rings is 1. The average Bonchev–Trinajstić information content (AvgIpc) is 2.72. The van der Waals surface area contributed by atoms with Gasteiger partial charge in [0.25, 0.3) is 0 Å². The van der Waals surface area contributed by atoms with E-state index in [1.165, 1.54) is 24.0 Å². The fourth-order valence-corrected chi connectivity index (χ4v) is 2.31. The van der Waals surface area contributed by atoms with E-state index in [-0.39, 0.29) is 18.0 Å². The van der Waals surface area contributed by atoms with E-state index >= 15 is 0 Å². The van der Waals surface area contributed by atoms with Crippen molar-refractivity contribution in [3.63, 3.8) is 0 Å². The number of hydrogen-bond acceptors (Lipinski definition) is 2. The molecule has 98 valence electrons. The molecule has 0 N–H and O–H groups in total. The van der Waals surface area contributed by atoms with E-state index in [0.717, 1.165) is 12.0 Å². The van der Waals surface area contributed by atoms with Crippen LogP contribution in [-0.2, 0) is 28.8 Å². The first-order valence-electron chi connectivity index (χ1n) is 6.70. The molecule has 0 bridgehead atoms. The maximum Gasteiger partial charge on any atom is 0.162 e. The molecule has 0 saturated carbocycles. The van der Waals surface area contributed by atoms with Crippen molar-refractivity contribution in [2.75, 3.05) is 6.61 Å². The highest BCUT2D eigenvalue weighted by molar-refractivity contribution is 5.82. The highest BCUT2D eigenvalue weighted by Gasteiger charge is 2.15. The predicted molar refractivity (Wildman–Crippen MR) is 72.9 cm³/mol. The number of carbonyl (C=O) groups excluding carboxylic acids is 1. The fourth-order valence-electron chi connectivity index (χ4n) is 2.31. The van der Waals surface area contributed by atoms with Crippen LogP contribution < -0.4 is 0 Å². The highest BCUT2D eigenvalue weighted by Crippen LogP contribution is 2.23. The summed E-state index contributed by atoms with van der Waals surface area (Å²) in [6, 6.07) is 6.45. The molecule has 0 amide bonds. The van der Waals surface area contributed by atoms with Crippen LogP contribution in [0.15, 0.2) is 18.2 Å². The van der Waals surface area contributed by atoms with Gasteiger partial charge in [0.05, 0.1) is 5.60 Å². The van der Waals surface area contributed by atoms with Gasteiger partial charge in [-0.05, 0) is 56.7 Å². The summed E-state index contributed by atoms with van der Waals surface area (Å²) in [6.07, 6.45) is 4.09. The van der Waals surface area contributed by atoms with Crippen LogP contribution in [-0.4, -0.2) is 18.0 Å². The Kier molecular flexibility index (Phi) is 3.86. The minimum atomic E-state index is -0.242. The molecule has 18 heavy (non-hydrogen) atoms. The normalized spacial score (nSPS) is 14.6. The molecular weight excluding hydrogens is 224 g/mol.